The molecule has 23 heavy (non-hydrogen) atoms. The maximum absolute atomic E-state index is 12.8. The zero-order valence-corrected chi connectivity index (χ0v) is 13.2. The van der Waals surface area contributed by atoms with E-state index < -0.39 is 6.03 Å². The van der Waals surface area contributed by atoms with Crippen LogP contribution in [0.3, 0.4) is 0 Å². The van der Waals surface area contributed by atoms with E-state index in [0.717, 1.165) is 37.9 Å². The van der Waals surface area contributed by atoms with Crippen molar-refractivity contribution >= 4 is 17.6 Å². The van der Waals surface area contributed by atoms with Crippen molar-refractivity contribution in [3.8, 4) is 0 Å². The van der Waals surface area contributed by atoms with Crippen molar-refractivity contribution in [2.24, 2.45) is 17.1 Å². The second-order valence-corrected chi connectivity index (χ2v) is 6.60. The smallest absolute Gasteiger partial charge is 0.316 e. The van der Waals surface area contributed by atoms with Gasteiger partial charge in [-0.2, -0.15) is 0 Å². The van der Waals surface area contributed by atoms with Crippen LogP contribution in [-0.4, -0.2) is 25.0 Å². The van der Waals surface area contributed by atoms with Crippen LogP contribution in [0.25, 0.3) is 0 Å². The number of hydrogen-bond acceptors (Lipinski definition) is 3. The van der Waals surface area contributed by atoms with E-state index in [-0.39, 0.29) is 11.3 Å². The van der Waals surface area contributed by atoms with Gasteiger partial charge in [0, 0.05) is 18.8 Å². The van der Waals surface area contributed by atoms with E-state index in [9.17, 15) is 9.59 Å². The average molecular weight is 316 g/mol. The van der Waals surface area contributed by atoms with Crippen LogP contribution >= 0.6 is 0 Å². The first-order valence-electron chi connectivity index (χ1n) is 8.24. The lowest BCUT2D eigenvalue weighted by atomic mass is 9.67. The predicted molar refractivity (Wildman–Crippen MR) is 88.8 cm³/mol. The van der Waals surface area contributed by atoms with Gasteiger partial charge in [-0.1, -0.05) is 25.0 Å². The largest absolute Gasteiger partial charge is 0.351 e. The summed E-state index contributed by atoms with van der Waals surface area (Å²) in [6.45, 7) is 2.19. The van der Waals surface area contributed by atoms with Crippen molar-refractivity contribution in [1.82, 2.24) is 10.6 Å². The number of fused-ring (bicyclic) bond motifs is 1. The maximum Gasteiger partial charge on any atom is 0.316 e. The first-order chi connectivity index (χ1) is 11.1. The third-order valence-electron chi connectivity index (χ3n) is 5.14. The van der Waals surface area contributed by atoms with Crippen molar-refractivity contribution in [1.29, 1.82) is 0 Å². The zero-order chi connectivity index (χ0) is 16.3. The van der Waals surface area contributed by atoms with Gasteiger partial charge in [-0.25, -0.2) is 4.79 Å². The molecule has 1 aliphatic heterocycles. The van der Waals surface area contributed by atoms with Crippen molar-refractivity contribution < 1.29 is 9.59 Å². The minimum absolute atomic E-state index is 0.153. The number of benzene rings is 1. The summed E-state index contributed by atoms with van der Waals surface area (Å²) >= 11 is 0. The molecule has 3 amide bonds. The highest BCUT2D eigenvalue weighted by Crippen LogP contribution is 2.43. The molecule has 1 heterocycles. The third kappa shape index (κ3) is 3.32. The van der Waals surface area contributed by atoms with Crippen LogP contribution in [0.4, 0.5) is 10.5 Å². The number of primary amides is 1. The number of nitrogens with two attached hydrogens (primary N) is 1. The van der Waals surface area contributed by atoms with E-state index in [1.165, 1.54) is 6.42 Å². The lowest BCUT2D eigenvalue weighted by molar-refractivity contribution is -0.134. The van der Waals surface area contributed by atoms with Crippen LogP contribution in [0.5, 0.6) is 0 Å². The number of nitrogens with one attached hydrogen (secondary N) is 3. The number of carbonyl (C=O) groups excluding carboxylic acids is 2. The molecule has 0 unspecified atom stereocenters. The lowest BCUT2D eigenvalue weighted by Crippen LogP contribution is -2.47. The van der Waals surface area contributed by atoms with Gasteiger partial charge in [0.1, 0.15) is 0 Å². The Morgan fingerprint density at radius 1 is 1.35 bits per heavy atom. The standard InChI is InChI=1S/C17H24N4O2/c18-16(23)21-14-6-3-4-12(8-14)9-20-15(22)17-7-2-1-5-13(17)10-19-11-17/h3-4,6,8,13,19H,1-2,5,7,9-11H2,(H,20,22)(H3,18,21,23)/t13-,17+/m0/s1. The van der Waals surface area contributed by atoms with Gasteiger partial charge in [0.2, 0.25) is 5.91 Å². The molecule has 2 fully saturated rings. The van der Waals surface area contributed by atoms with Crippen LogP contribution in [0.2, 0.25) is 0 Å². The molecule has 0 spiro atoms. The molecule has 1 saturated heterocycles. The molecule has 0 radical (unpaired) electrons. The fourth-order valence-electron chi connectivity index (χ4n) is 3.95. The predicted octanol–water partition coefficient (Wildman–Crippen LogP) is 1.57. The topological polar surface area (TPSA) is 96.2 Å². The summed E-state index contributed by atoms with van der Waals surface area (Å²) in [7, 11) is 0. The summed E-state index contributed by atoms with van der Waals surface area (Å²) in [5.41, 5.74) is 6.47. The molecule has 0 bridgehead atoms. The molecular formula is C17H24N4O2. The van der Waals surface area contributed by atoms with Crippen LogP contribution < -0.4 is 21.7 Å². The minimum atomic E-state index is -0.591. The summed E-state index contributed by atoms with van der Waals surface area (Å²) < 4.78 is 0. The molecule has 1 aliphatic carbocycles. The van der Waals surface area contributed by atoms with Gasteiger partial charge < -0.3 is 21.7 Å². The summed E-state index contributed by atoms with van der Waals surface area (Å²) in [4.78, 5) is 23.7. The molecule has 2 aliphatic rings. The van der Waals surface area contributed by atoms with Crippen molar-refractivity contribution in [2.75, 3.05) is 18.4 Å². The lowest BCUT2D eigenvalue weighted by Gasteiger charge is -2.37. The number of carbonyl (C=O) groups is 2. The molecule has 0 aromatic heterocycles. The van der Waals surface area contributed by atoms with Gasteiger partial charge in [0.15, 0.2) is 0 Å². The second kappa shape index (κ2) is 6.58. The van der Waals surface area contributed by atoms with Gasteiger partial charge in [0.05, 0.1) is 5.41 Å². The second-order valence-electron chi connectivity index (χ2n) is 6.60. The fraction of sp³-hybridized carbons (Fsp3) is 0.529. The average Bonchev–Trinajstić information content (AvgIpc) is 2.97. The quantitative estimate of drug-likeness (QED) is 0.679. The monoisotopic (exact) mass is 316 g/mol. The number of anilines is 1. The Hall–Kier alpha value is -2.08. The molecule has 1 aromatic rings. The van der Waals surface area contributed by atoms with Crippen molar-refractivity contribution in [3.63, 3.8) is 0 Å². The fourth-order valence-corrected chi connectivity index (χ4v) is 3.95. The number of urea groups is 1. The van der Waals surface area contributed by atoms with Crippen molar-refractivity contribution in [2.45, 2.75) is 32.2 Å². The molecule has 1 saturated carbocycles. The summed E-state index contributed by atoms with van der Waals surface area (Å²) in [6, 6.07) is 6.77. The molecule has 2 atom stereocenters. The molecule has 1 aromatic carbocycles. The van der Waals surface area contributed by atoms with Gasteiger partial charge >= 0.3 is 6.03 Å². The Balaban J connectivity index is 1.63. The molecule has 124 valence electrons. The van der Waals surface area contributed by atoms with Crippen molar-refractivity contribution in [3.05, 3.63) is 29.8 Å². The Labute approximate surface area is 136 Å². The highest BCUT2D eigenvalue weighted by atomic mass is 16.2. The van der Waals surface area contributed by atoms with E-state index in [2.05, 4.69) is 16.0 Å². The molecular weight excluding hydrogens is 292 g/mol. The first-order valence-corrected chi connectivity index (χ1v) is 8.24. The minimum Gasteiger partial charge on any atom is -0.351 e. The normalized spacial score (nSPS) is 26.3. The Morgan fingerprint density at radius 2 is 2.22 bits per heavy atom. The third-order valence-corrected chi connectivity index (χ3v) is 5.14. The summed E-state index contributed by atoms with van der Waals surface area (Å²) in [5.74, 6) is 0.611. The number of hydrogen-bond donors (Lipinski definition) is 4. The van der Waals surface area contributed by atoms with E-state index in [4.69, 9.17) is 5.73 Å². The molecule has 3 rings (SSSR count). The van der Waals surface area contributed by atoms with Crippen LogP contribution in [0.15, 0.2) is 24.3 Å². The Bertz CT molecular complexity index is 604. The van der Waals surface area contributed by atoms with E-state index >= 15 is 0 Å². The number of rotatable bonds is 4. The Morgan fingerprint density at radius 3 is 3.04 bits per heavy atom. The van der Waals surface area contributed by atoms with Gasteiger partial charge in [-0.3, -0.25) is 4.79 Å². The maximum atomic E-state index is 12.8. The highest BCUT2D eigenvalue weighted by molar-refractivity contribution is 5.88. The van der Waals surface area contributed by atoms with Gasteiger partial charge in [-0.15, -0.1) is 0 Å². The first kappa shape index (κ1) is 15.8. The summed E-state index contributed by atoms with van der Waals surface area (Å²) in [6.07, 6.45) is 4.46. The van der Waals surface area contributed by atoms with Crippen LogP contribution in [0, 0.1) is 11.3 Å². The Kier molecular flexibility index (Phi) is 4.52. The van der Waals surface area contributed by atoms with Crippen LogP contribution in [-0.2, 0) is 11.3 Å². The zero-order valence-electron chi connectivity index (χ0n) is 13.2. The van der Waals surface area contributed by atoms with Crippen LogP contribution in [0.1, 0.15) is 31.2 Å². The molecule has 6 nitrogen and oxygen atoms in total. The number of amides is 3. The van der Waals surface area contributed by atoms with Gasteiger partial charge in [0.25, 0.3) is 0 Å². The van der Waals surface area contributed by atoms with Gasteiger partial charge in [-0.05, 0) is 43.0 Å². The SMILES string of the molecule is NC(=O)Nc1cccc(CNC(=O)[C@@]23CCCC[C@H]2CNC3)c1. The summed E-state index contributed by atoms with van der Waals surface area (Å²) in [5, 5.41) is 9.03. The van der Waals surface area contributed by atoms with E-state index in [0.29, 0.717) is 18.2 Å². The molecule has 6 heteroatoms. The van der Waals surface area contributed by atoms with E-state index in [1.807, 2.05) is 18.2 Å². The highest BCUT2D eigenvalue weighted by Gasteiger charge is 2.49. The molecule has 5 N–H and O–H groups in total. The van der Waals surface area contributed by atoms with E-state index in [1.54, 1.807) is 6.07 Å².